The van der Waals surface area contributed by atoms with Gasteiger partial charge in [0.05, 0.1) is 5.69 Å². The summed E-state index contributed by atoms with van der Waals surface area (Å²) < 4.78 is 39.1. The summed E-state index contributed by atoms with van der Waals surface area (Å²) in [6.07, 6.45) is 0.497. The topological polar surface area (TPSA) is 78.4 Å². The maximum Gasteiger partial charge on any atom is 0.326 e. The molecule has 0 saturated carbocycles. The summed E-state index contributed by atoms with van der Waals surface area (Å²) in [5, 5.41) is 13.1. The Labute approximate surface area is 119 Å². The molecule has 2 amide bonds. The quantitative estimate of drug-likeness (QED) is 0.732. The molecule has 0 heterocycles. The zero-order valence-electron chi connectivity index (χ0n) is 11.4. The van der Waals surface area contributed by atoms with Gasteiger partial charge in [0.1, 0.15) is 6.04 Å². The molecule has 21 heavy (non-hydrogen) atoms. The van der Waals surface area contributed by atoms with Crippen LogP contribution in [0.4, 0.5) is 23.7 Å². The smallest absolute Gasteiger partial charge is 0.326 e. The summed E-state index contributed by atoms with van der Waals surface area (Å²) in [5.41, 5.74) is -0.584. The second-order valence-corrected chi connectivity index (χ2v) is 4.52. The molecule has 116 valence electrons. The standard InChI is InChI=1S/C13H15F3N2O3/c1-3-6(2)11(12(19)20)18-13(21)17-8-5-4-7(14)9(15)10(8)16/h4-6,11H,3H2,1-2H3,(H,19,20)(H2,17,18,21)/t6?,11-/m0/s1. The van der Waals surface area contributed by atoms with Crippen LogP contribution >= 0.6 is 0 Å². The third-order valence-electron chi connectivity index (χ3n) is 3.05. The lowest BCUT2D eigenvalue weighted by atomic mass is 9.99. The highest BCUT2D eigenvalue weighted by Gasteiger charge is 2.26. The number of carboxylic acids is 1. The van der Waals surface area contributed by atoms with Gasteiger partial charge in [-0.3, -0.25) is 0 Å². The van der Waals surface area contributed by atoms with Crippen LogP contribution in [0, 0.1) is 23.4 Å². The Hall–Kier alpha value is -2.25. The van der Waals surface area contributed by atoms with E-state index in [-0.39, 0.29) is 5.92 Å². The Kier molecular flexibility index (Phi) is 5.57. The first-order chi connectivity index (χ1) is 9.77. The van der Waals surface area contributed by atoms with Crippen molar-refractivity contribution in [2.24, 2.45) is 5.92 Å². The van der Waals surface area contributed by atoms with Gasteiger partial charge in [-0.05, 0) is 18.1 Å². The van der Waals surface area contributed by atoms with E-state index >= 15 is 0 Å². The zero-order valence-corrected chi connectivity index (χ0v) is 11.4. The number of carboxylic acid groups (broad SMARTS) is 1. The largest absolute Gasteiger partial charge is 0.480 e. The fourth-order valence-electron chi connectivity index (χ4n) is 1.61. The highest BCUT2D eigenvalue weighted by Crippen LogP contribution is 2.19. The van der Waals surface area contributed by atoms with Crippen LogP contribution in [0.2, 0.25) is 0 Å². The predicted molar refractivity (Wildman–Crippen MR) is 69.3 cm³/mol. The maximum atomic E-state index is 13.4. The molecule has 0 aliphatic rings. The molecule has 5 nitrogen and oxygen atoms in total. The third-order valence-corrected chi connectivity index (χ3v) is 3.05. The number of urea groups is 1. The lowest BCUT2D eigenvalue weighted by Gasteiger charge is -2.20. The van der Waals surface area contributed by atoms with Gasteiger partial charge in [0.15, 0.2) is 17.5 Å². The van der Waals surface area contributed by atoms with Crippen molar-refractivity contribution in [3.05, 3.63) is 29.6 Å². The molecule has 1 aromatic rings. The van der Waals surface area contributed by atoms with Crippen LogP contribution in [0.25, 0.3) is 0 Å². The Morgan fingerprint density at radius 2 is 1.86 bits per heavy atom. The summed E-state index contributed by atoms with van der Waals surface area (Å²) in [5.74, 6) is -6.26. The normalized spacial score (nSPS) is 13.4. The van der Waals surface area contributed by atoms with E-state index < -0.39 is 41.2 Å². The fraction of sp³-hybridized carbons (Fsp3) is 0.385. The highest BCUT2D eigenvalue weighted by molar-refractivity contribution is 5.92. The number of halogens is 3. The van der Waals surface area contributed by atoms with Gasteiger partial charge in [-0.2, -0.15) is 0 Å². The van der Waals surface area contributed by atoms with Crippen molar-refractivity contribution in [2.45, 2.75) is 26.3 Å². The molecule has 8 heteroatoms. The van der Waals surface area contributed by atoms with E-state index in [0.717, 1.165) is 6.07 Å². The molecular weight excluding hydrogens is 289 g/mol. The molecule has 1 unspecified atom stereocenters. The van der Waals surface area contributed by atoms with Gasteiger partial charge in [-0.1, -0.05) is 20.3 Å². The first-order valence-corrected chi connectivity index (χ1v) is 6.21. The van der Waals surface area contributed by atoms with E-state index in [0.29, 0.717) is 12.5 Å². The molecule has 0 aromatic heterocycles. The number of amides is 2. The summed E-state index contributed by atoms with van der Waals surface area (Å²) in [4.78, 5) is 22.7. The average molecular weight is 304 g/mol. The number of aliphatic carboxylic acids is 1. The zero-order chi connectivity index (χ0) is 16.2. The molecule has 0 aliphatic heterocycles. The molecule has 0 radical (unpaired) electrons. The van der Waals surface area contributed by atoms with Crippen LogP contribution in [0.5, 0.6) is 0 Å². The van der Waals surface area contributed by atoms with E-state index in [9.17, 15) is 22.8 Å². The van der Waals surface area contributed by atoms with Crippen LogP contribution in [-0.4, -0.2) is 23.1 Å². The number of carbonyl (C=O) groups excluding carboxylic acids is 1. The van der Waals surface area contributed by atoms with Crippen molar-refractivity contribution in [3.63, 3.8) is 0 Å². The third kappa shape index (κ3) is 4.11. The Morgan fingerprint density at radius 3 is 2.38 bits per heavy atom. The van der Waals surface area contributed by atoms with Crippen molar-refractivity contribution in [2.75, 3.05) is 5.32 Å². The minimum atomic E-state index is -1.72. The van der Waals surface area contributed by atoms with Gasteiger partial charge >= 0.3 is 12.0 Å². The van der Waals surface area contributed by atoms with Crippen molar-refractivity contribution >= 4 is 17.7 Å². The minimum Gasteiger partial charge on any atom is -0.480 e. The lowest BCUT2D eigenvalue weighted by Crippen LogP contribution is -2.46. The first-order valence-electron chi connectivity index (χ1n) is 6.21. The maximum absolute atomic E-state index is 13.4. The number of benzene rings is 1. The van der Waals surface area contributed by atoms with E-state index in [4.69, 9.17) is 5.11 Å². The number of rotatable bonds is 5. The highest BCUT2D eigenvalue weighted by atomic mass is 19.2. The number of hydrogen-bond donors (Lipinski definition) is 3. The van der Waals surface area contributed by atoms with Gasteiger partial charge in [0, 0.05) is 0 Å². The molecular formula is C13H15F3N2O3. The van der Waals surface area contributed by atoms with Crippen LogP contribution in [0.15, 0.2) is 12.1 Å². The van der Waals surface area contributed by atoms with E-state index in [1.807, 2.05) is 5.32 Å². The number of nitrogens with one attached hydrogen (secondary N) is 2. The van der Waals surface area contributed by atoms with Crippen LogP contribution in [0.1, 0.15) is 20.3 Å². The average Bonchev–Trinajstić information content (AvgIpc) is 2.44. The molecule has 0 saturated heterocycles. The molecule has 0 bridgehead atoms. The van der Waals surface area contributed by atoms with Crippen LogP contribution in [0.3, 0.4) is 0 Å². The minimum absolute atomic E-state index is 0.358. The summed E-state index contributed by atoms with van der Waals surface area (Å²) in [6.45, 7) is 3.37. The van der Waals surface area contributed by atoms with Crippen molar-refractivity contribution in [3.8, 4) is 0 Å². The molecule has 3 N–H and O–H groups in total. The summed E-state index contributed by atoms with van der Waals surface area (Å²) >= 11 is 0. The van der Waals surface area contributed by atoms with Crippen LogP contribution < -0.4 is 10.6 Å². The molecule has 1 rings (SSSR count). The van der Waals surface area contributed by atoms with Crippen LogP contribution in [-0.2, 0) is 4.79 Å². The van der Waals surface area contributed by atoms with E-state index in [2.05, 4.69) is 5.32 Å². The number of carbonyl (C=O) groups is 2. The summed E-state index contributed by atoms with van der Waals surface area (Å²) in [6, 6.07) is -0.708. The van der Waals surface area contributed by atoms with Gasteiger partial charge in [-0.25, -0.2) is 22.8 Å². The SMILES string of the molecule is CCC(C)[C@H](NC(=O)Nc1ccc(F)c(F)c1F)C(=O)O. The van der Waals surface area contributed by atoms with Gasteiger partial charge in [0.2, 0.25) is 0 Å². The van der Waals surface area contributed by atoms with Gasteiger partial charge < -0.3 is 15.7 Å². The van der Waals surface area contributed by atoms with Gasteiger partial charge in [-0.15, -0.1) is 0 Å². The Bertz CT molecular complexity index is 552. The van der Waals surface area contributed by atoms with Crippen molar-refractivity contribution < 1.29 is 27.9 Å². The van der Waals surface area contributed by atoms with Gasteiger partial charge in [0.25, 0.3) is 0 Å². The predicted octanol–water partition coefficient (Wildman–Crippen LogP) is 2.72. The lowest BCUT2D eigenvalue weighted by molar-refractivity contribution is -0.140. The van der Waals surface area contributed by atoms with E-state index in [1.54, 1.807) is 13.8 Å². The molecule has 0 fully saturated rings. The molecule has 0 spiro atoms. The second kappa shape index (κ2) is 6.96. The Morgan fingerprint density at radius 1 is 1.24 bits per heavy atom. The number of anilines is 1. The second-order valence-electron chi connectivity index (χ2n) is 4.52. The van der Waals surface area contributed by atoms with Crippen molar-refractivity contribution in [1.82, 2.24) is 5.32 Å². The number of hydrogen-bond acceptors (Lipinski definition) is 2. The molecule has 2 atom stereocenters. The molecule has 0 aliphatic carbocycles. The van der Waals surface area contributed by atoms with E-state index in [1.165, 1.54) is 0 Å². The van der Waals surface area contributed by atoms with Crippen molar-refractivity contribution in [1.29, 1.82) is 0 Å². The molecule has 1 aromatic carbocycles. The fourth-order valence-corrected chi connectivity index (χ4v) is 1.61. The summed E-state index contributed by atoms with van der Waals surface area (Å²) in [7, 11) is 0. The Balaban J connectivity index is 2.82. The first kappa shape index (κ1) is 16.8. The monoisotopic (exact) mass is 304 g/mol.